The molecule has 3 aromatic carbocycles. The smallest absolute Gasteiger partial charge is 0.0495 e. The molecule has 0 saturated carbocycles. The van der Waals surface area contributed by atoms with Crippen LogP contribution in [0.1, 0.15) is 31.4 Å². The number of fused-ring (bicyclic) bond motifs is 6. The van der Waals surface area contributed by atoms with E-state index in [2.05, 4.69) is 74.0 Å². The van der Waals surface area contributed by atoms with Crippen molar-refractivity contribution in [2.45, 2.75) is 33.1 Å². The Morgan fingerprint density at radius 2 is 1.68 bits per heavy atom. The number of para-hydroxylation sites is 1. The molecule has 0 radical (unpaired) electrons. The Kier molecular flexibility index (Phi) is 3.22. The zero-order chi connectivity index (χ0) is 17.1. The van der Waals surface area contributed by atoms with Gasteiger partial charge in [0.1, 0.15) is 0 Å². The highest BCUT2D eigenvalue weighted by atomic mass is 14.9. The average molecular weight is 327 g/mol. The van der Waals surface area contributed by atoms with Gasteiger partial charge in [-0.3, -0.25) is 0 Å². The molecule has 126 valence electrons. The maximum absolute atomic E-state index is 2.45. The summed E-state index contributed by atoms with van der Waals surface area (Å²) < 4.78 is 2.35. The maximum atomic E-state index is 2.45. The van der Waals surface area contributed by atoms with Crippen LogP contribution in [-0.2, 0) is 19.9 Å². The van der Waals surface area contributed by atoms with E-state index in [1.54, 1.807) is 11.1 Å². The second-order valence-corrected chi connectivity index (χ2v) is 8.07. The molecule has 0 spiro atoms. The van der Waals surface area contributed by atoms with Crippen molar-refractivity contribution in [3.8, 4) is 0 Å². The van der Waals surface area contributed by atoms with E-state index in [4.69, 9.17) is 0 Å². The molecule has 0 amide bonds. The van der Waals surface area contributed by atoms with Crippen LogP contribution in [0, 0.1) is 11.8 Å². The molecule has 1 aliphatic carbocycles. The van der Waals surface area contributed by atoms with Gasteiger partial charge in [-0.15, -0.1) is 0 Å². The lowest BCUT2D eigenvalue weighted by molar-refractivity contribution is 0.375. The Labute approximate surface area is 149 Å². The number of rotatable bonds is 0. The van der Waals surface area contributed by atoms with Gasteiger partial charge in [-0.05, 0) is 71.2 Å². The van der Waals surface area contributed by atoms with Crippen molar-refractivity contribution in [2.75, 3.05) is 0 Å². The molecule has 1 heterocycles. The fourth-order valence-corrected chi connectivity index (χ4v) is 4.78. The second-order valence-electron chi connectivity index (χ2n) is 8.07. The van der Waals surface area contributed by atoms with Crippen molar-refractivity contribution in [1.29, 1.82) is 0 Å². The quantitative estimate of drug-likeness (QED) is 0.337. The first-order valence-electron chi connectivity index (χ1n) is 9.55. The van der Waals surface area contributed by atoms with Crippen LogP contribution in [0.2, 0.25) is 0 Å². The fourth-order valence-electron chi connectivity index (χ4n) is 4.78. The zero-order valence-electron chi connectivity index (χ0n) is 15.3. The van der Waals surface area contributed by atoms with Crippen LogP contribution in [0.5, 0.6) is 0 Å². The molecule has 1 aromatic heterocycles. The third-order valence-electron chi connectivity index (χ3n) is 6.62. The minimum Gasteiger partial charge on any atom is -0.344 e. The molecule has 1 heteroatoms. The summed E-state index contributed by atoms with van der Waals surface area (Å²) >= 11 is 0. The van der Waals surface area contributed by atoms with Crippen LogP contribution in [0.25, 0.3) is 32.6 Å². The molecular weight excluding hydrogens is 302 g/mol. The summed E-state index contributed by atoms with van der Waals surface area (Å²) in [4.78, 5) is 0. The summed E-state index contributed by atoms with van der Waals surface area (Å²) in [6.07, 6.45) is 3.74. The van der Waals surface area contributed by atoms with E-state index >= 15 is 0 Å². The summed E-state index contributed by atoms with van der Waals surface area (Å²) in [5.74, 6) is 1.59. The number of aryl methyl sites for hydroxylation is 2. The van der Waals surface area contributed by atoms with Crippen molar-refractivity contribution < 1.29 is 0 Å². The van der Waals surface area contributed by atoms with E-state index in [0.717, 1.165) is 11.8 Å². The van der Waals surface area contributed by atoms with Gasteiger partial charge in [-0.1, -0.05) is 44.2 Å². The van der Waals surface area contributed by atoms with Crippen molar-refractivity contribution in [2.24, 2.45) is 18.9 Å². The summed E-state index contributed by atoms with van der Waals surface area (Å²) in [6, 6.07) is 18.3. The normalized spacial score (nSPS) is 20.9. The number of hydrogen-bond donors (Lipinski definition) is 0. The fraction of sp³-hybridized carbons (Fsp3) is 0.333. The molecule has 0 bridgehead atoms. The highest BCUT2D eigenvalue weighted by Crippen LogP contribution is 2.37. The molecule has 1 nitrogen and oxygen atoms in total. The number of benzene rings is 3. The van der Waals surface area contributed by atoms with Gasteiger partial charge in [0.15, 0.2) is 0 Å². The number of hydrogen-bond acceptors (Lipinski definition) is 0. The lowest BCUT2D eigenvalue weighted by Crippen LogP contribution is -2.08. The van der Waals surface area contributed by atoms with Gasteiger partial charge in [-0.25, -0.2) is 0 Å². The third-order valence-corrected chi connectivity index (χ3v) is 6.62. The van der Waals surface area contributed by atoms with Crippen LogP contribution >= 0.6 is 0 Å². The van der Waals surface area contributed by atoms with Crippen LogP contribution in [0.4, 0.5) is 0 Å². The van der Waals surface area contributed by atoms with Gasteiger partial charge in [-0.2, -0.15) is 0 Å². The Morgan fingerprint density at radius 3 is 2.56 bits per heavy atom. The summed E-state index contributed by atoms with van der Waals surface area (Å²) in [6.45, 7) is 4.83. The van der Waals surface area contributed by atoms with E-state index in [1.807, 2.05) is 0 Å². The first-order valence-corrected chi connectivity index (χ1v) is 9.55. The van der Waals surface area contributed by atoms with Crippen LogP contribution in [0.3, 0.4) is 0 Å². The molecule has 1 aliphatic rings. The molecule has 0 saturated heterocycles. The first-order chi connectivity index (χ1) is 12.1. The van der Waals surface area contributed by atoms with Crippen LogP contribution in [0.15, 0.2) is 48.5 Å². The molecule has 0 fully saturated rings. The van der Waals surface area contributed by atoms with Gasteiger partial charge in [0.05, 0.1) is 0 Å². The van der Waals surface area contributed by atoms with Gasteiger partial charge in [0.25, 0.3) is 0 Å². The predicted molar refractivity (Wildman–Crippen MR) is 108 cm³/mol. The molecular formula is C24H25N. The van der Waals surface area contributed by atoms with E-state index in [-0.39, 0.29) is 0 Å². The summed E-state index contributed by atoms with van der Waals surface area (Å²) in [5, 5.41) is 5.60. The SMILES string of the molecule is C[C@@H]1Cc2ccc3cc4c5ccccc5n(C)c4cc3c2CC[C@@H]1C. The van der Waals surface area contributed by atoms with Crippen molar-refractivity contribution >= 4 is 32.6 Å². The van der Waals surface area contributed by atoms with Crippen LogP contribution in [-0.4, -0.2) is 4.57 Å². The van der Waals surface area contributed by atoms with E-state index in [1.165, 1.54) is 51.8 Å². The van der Waals surface area contributed by atoms with Gasteiger partial charge in [0.2, 0.25) is 0 Å². The number of nitrogens with zero attached hydrogens (tertiary/aromatic N) is 1. The zero-order valence-corrected chi connectivity index (χ0v) is 15.3. The Morgan fingerprint density at radius 1 is 0.840 bits per heavy atom. The molecule has 25 heavy (non-hydrogen) atoms. The topological polar surface area (TPSA) is 4.93 Å². The summed E-state index contributed by atoms with van der Waals surface area (Å²) in [5.41, 5.74) is 5.84. The molecule has 0 aliphatic heterocycles. The third kappa shape index (κ3) is 2.15. The Hall–Kier alpha value is -2.28. The molecule has 2 atom stereocenters. The standard InChI is InChI=1S/C24H25N/c1-15-8-11-19-17(12-16(15)2)9-10-18-13-22-20-6-4-5-7-23(20)25(3)24(22)14-21(18)19/h4-7,9-10,13-16H,8,11-12H2,1-3H3/t15-,16+/m0/s1. The molecule has 0 N–H and O–H groups in total. The Balaban J connectivity index is 1.85. The monoisotopic (exact) mass is 327 g/mol. The highest BCUT2D eigenvalue weighted by Gasteiger charge is 2.21. The Bertz CT molecular complexity index is 1120. The lowest BCUT2D eigenvalue weighted by atomic mass is 9.90. The average Bonchev–Trinajstić information content (AvgIpc) is 2.81. The molecule has 4 aromatic rings. The van der Waals surface area contributed by atoms with E-state index in [0.29, 0.717) is 0 Å². The van der Waals surface area contributed by atoms with E-state index in [9.17, 15) is 0 Å². The second kappa shape index (κ2) is 5.36. The van der Waals surface area contributed by atoms with Gasteiger partial charge in [0, 0.05) is 28.9 Å². The largest absolute Gasteiger partial charge is 0.344 e. The summed E-state index contributed by atoms with van der Waals surface area (Å²) in [7, 11) is 2.20. The van der Waals surface area contributed by atoms with Crippen molar-refractivity contribution in [3.05, 3.63) is 59.7 Å². The van der Waals surface area contributed by atoms with Gasteiger partial charge >= 0.3 is 0 Å². The highest BCUT2D eigenvalue weighted by molar-refractivity contribution is 6.13. The van der Waals surface area contributed by atoms with Crippen LogP contribution < -0.4 is 0 Å². The lowest BCUT2D eigenvalue weighted by Gasteiger charge is -2.15. The number of aromatic nitrogens is 1. The van der Waals surface area contributed by atoms with Crippen molar-refractivity contribution in [3.63, 3.8) is 0 Å². The first kappa shape index (κ1) is 15.0. The van der Waals surface area contributed by atoms with Gasteiger partial charge < -0.3 is 4.57 Å². The molecule has 0 unspecified atom stereocenters. The predicted octanol–water partition coefficient (Wildman–Crippen LogP) is 6.25. The molecule has 5 rings (SSSR count). The van der Waals surface area contributed by atoms with Crippen molar-refractivity contribution in [1.82, 2.24) is 4.57 Å². The minimum absolute atomic E-state index is 0.778. The minimum atomic E-state index is 0.778. The maximum Gasteiger partial charge on any atom is 0.0495 e. The van der Waals surface area contributed by atoms with E-state index < -0.39 is 0 Å².